The molecule has 1 aromatic carbocycles. The number of hydrogen-bond acceptors (Lipinski definition) is 5. The molecule has 1 aromatic heterocycles. The highest BCUT2D eigenvalue weighted by Gasteiger charge is 2.23. The molecule has 0 saturated carbocycles. The van der Waals surface area contributed by atoms with Crippen LogP contribution >= 0.6 is 11.6 Å². The molecule has 0 aliphatic heterocycles. The van der Waals surface area contributed by atoms with Crippen molar-refractivity contribution in [3.05, 3.63) is 46.4 Å². The molecule has 1 N–H and O–H groups in total. The summed E-state index contributed by atoms with van der Waals surface area (Å²) in [5.41, 5.74) is 1.87. The van der Waals surface area contributed by atoms with Gasteiger partial charge in [0.05, 0.1) is 19.1 Å². The highest BCUT2D eigenvalue weighted by atomic mass is 35.5. The van der Waals surface area contributed by atoms with Crippen LogP contribution in [0.4, 0.5) is 5.69 Å². The molecular weight excluding hydrogens is 334 g/mol. The molecule has 2 aromatic rings. The summed E-state index contributed by atoms with van der Waals surface area (Å²) in [5.74, 6) is -0.694. The molecule has 128 valence electrons. The maximum Gasteiger partial charge on any atom is 0.375 e. The third-order valence-corrected chi connectivity index (χ3v) is 3.85. The second kappa shape index (κ2) is 7.40. The second-order valence-corrected chi connectivity index (χ2v) is 5.68. The van der Waals surface area contributed by atoms with Crippen LogP contribution in [0.5, 0.6) is 5.75 Å². The summed E-state index contributed by atoms with van der Waals surface area (Å²) in [6.45, 7) is 4.99. The average Bonchev–Trinajstić information content (AvgIpc) is 2.96. The molecule has 1 heterocycles. The molecule has 0 spiro atoms. The van der Waals surface area contributed by atoms with Gasteiger partial charge in [0.2, 0.25) is 5.76 Å². The van der Waals surface area contributed by atoms with E-state index in [1.54, 1.807) is 32.0 Å². The van der Waals surface area contributed by atoms with E-state index < -0.39 is 18.0 Å². The number of rotatable bonds is 5. The van der Waals surface area contributed by atoms with Crippen molar-refractivity contribution in [2.75, 3.05) is 12.4 Å². The number of benzene rings is 1. The number of furan rings is 1. The van der Waals surface area contributed by atoms with Gasteiger partial charge in [-0.3, -0.25) is 4.79 Å². The number of ether oxygens (including phenoxy) is 2. The standard InChI is InChI=1S/C17H18ClNO5/c1-9-5-6-23-15(9)17(21)24-11(3)16(20)19-13-7-10(2)12(18)8-14(13)22-4/h5-8,11H,1-4H3,(H,19,20)/t11-/m1/s1. The van der Waals surface area contributed by atoms with Crippen LogP contribution < -0.4 is 10.1 Å². The third-order valence-electron chi connectivity index (χ3n) is 3.44. The molecule has 0 fully saturated rings. The van der Waals surface area contributed by atoms with Gasteiger partial charge >= 0.3 is 5.97 Å². The number of esters is 1. The van der Waals surface area contributed by atoms with Crippen LogP contribution in [-0.2, 0) is 9.53 Å². The molecule has 7 heteroatoms. The van der Waals surface area contributed by atoms with Crippen LogP contribution in [0.15, 0.2) is 28.9 Å². The first-order chi connectivity index (χ1) is 11.3. The van der Waals surface area contributed by atoms with Gasteiger partial charge in [0.15, 0.2) is 6.10 Å². The summed E-state index contributed by atoms with van der Waals surface area (Å²) in [6, 6.07) is 4.93. The summed E-state index contributed by atoms with van der Waals surface area (Å²) >= 11 is 6.03. The monoisotopic (exact) mass is 351 g/mol. The van der Waals surface area contributed by atoms with E-state index in [2.05, 4.69) is 5.32 Å². The van der Waals surface area contributed by atoms with E-state index in [-0.39, 0.29) is 5.76 Å². The summed E-state index contributed by atoms with van der Waals surface area (Å²) in [7, 11) is 1.47. The summed E-state index contributed by atoms with van der Waals surface area (Å²) < 4.78 is 15.4. The molecular formula is C17H18ClNO5. The normalized spacial score (nSPS) is 11.7. The quantitative estimate of drug-likeness (QED) is 0.830. The smallest absolute Gasteiger partial charge is 0.375 e. The van der Waals surface area contributed by atoms with Crippen molar-refractivity contribution in [3.8, 4) is 5.75 Å². The van der Waals surface area contributed by atoms with Gasteiger partial charge in [-0.1, -0.05) is 11.6 Å². The Morgan fingerprint density at radius 1 is 1.25 bits per heavy atom. The second-order valence-electron chi connectivity index (χ2n) is 5.27. The van der Waals surface area contributed by atoms with Gasteiger partial charge in [0.1, 0.15) is 5.75 Å². The van der Waals surface area contributed by atoms with E-state index in [0.717, 1.165) is 5.56 Å². The Balaban J connectivity index is 2.08. The number of aryl methyl sites for hydroxylation is 2. The van der Waals surface area contributed by atoms with Crippen LogP contribution in [0, 0.1) is 13.8 Å². The first kappa shape index (κ1) is 17.9. The maximum atomic E-state index is 12.3. The predicted octanol–water partition coefficient (Wildman–Crippen LogP) is 3.74. The number of carbonyl (C=O) groups is 2. The van der Waals surface area contributed by atoms with Crippen LogP contribution in [0.3, 0.4) is 0 Å². The molecule has 0 radical (unpaired) electrons. The van der Waals surface area contributed by atoms with Crippen molar-refractivity contribution < 1.29 is 23.5 Å². The van der Waals surface area contributed by atoms with Crippen molar-refractivity contribution in [2.45, 2.75) is 26.9 Å². The molecule has 0 aliphatic carbocycles. The van der Waals surface area contributed by atoms with Gasteiger partial charge in [-0.25, -0.2) is 4.79 Å². The van der Waals surface area contributed by atoms with Crippen LogP contribution in [0.1, 0.15) is 28.6 Å². The fraction of sp³-hybridized carbons (Fsp3) is 0.294. The Bertz CT molecular complexity index is 768. The number of anilines is 1. The zero-order valence-corrected chi connectivity index (χ0v) is 14.6. The summed E-state index contributed by atoms with van der Waals surface area (Å²) in [4.78, 5) is 24.2. The minimum Gasteiger partial charge on any atom is -0.495 e. The number of amides is 1. The number of carbonyl (C=O) groups excluding carboxylic acids is 2. The SMILES string of the molecule is COc1cc(Cl)c(C)cc1NC(=O)[C@@H](C)OC(=O)c1occc1C. The van der Waals surface area contributed by atoms with Gasteiger partial charge in [-0.15, -0.1) is 0 Å². The van der Waals surface area contributed by atoms with Crippen molar-refractivity contribution >= 4 is 29.2 Å². The van der Waals surface area contributed by atoms with Gasteiger partial charge < -0.3 is 19.2 Å². The van der Waals surface area contributed by atoms with Crippen molar-refractivity contribution in [2.24, 2.45) is 0 Å². The molecule has 0 aliphatic rings. The van der Waals surface area contributed by atoms with E-state index >= 15 is 0 Å². The minimum absolute atomic E-state index is 0.0783. The fourth-order valence-corrected chi connectivity index (χ4v) is 2.17. The molecule has 0 saturated heterocycles. The zero-order valence-electron chi connectivity index (χ0n) is 13.8. The summed E-state index contributed by atoms with van der Waals surface area (Å²) in [5, 5.41) is 3.19. The number of methoxy groups -OCH3 is 1. The lowest BCUT2D eigenvalue weighted by molar-refractivity contribution is -0.123. The highest BCUT2D eigenvalue weighted by molar-refractivity contribution is 6.31. The van der Waals surface area contributed by atoms with Crippen LogP contribution in [-0.4, -0.2) is 25.1 Å². The highest BCUT2D eigenvalue weighted by Crippen LogP contribution is 2.31. The first-order valence-corrected chi connectivity index (χ1v) is 7.61. The average molecular weight is 352 g/mol. The van der Waals surface area contributed by atoms with Crippen molar-refractivity contribution in [1.29, 1.82) is 0 Å². The molecule has 0 unspecified atom stereocenters. The van der Waals surface area contributed by atoms with Gasteiger partial charge in [0.25, 0.3) is 5.91 Å². The Hall–Kier alpha value is -2.47. The van der Waals surface area contributed by atoms with Crippen LogP contribution in [0.25, 0.3) is 0 Å². The molecule has 2 rings (SSSR count). The van der Waals surface area contributed by atoms with Gasteiger partial charge in [-0.2, -0.15) is 0 Å². The van der Waals surface area contributed by atoms with Crippen molar-refractivity contribution in [3.63, 3.8) is 0 Å². The van der Waals surface area contributed by atoms with E-state index in [4.69, 9.17) is 25.5 Å². The Kier molecular flexibility index (Phi) is 5.51. The van der Waals surface area contributed by atoms with E-state index in [0.29, 0.717) is 22.0 Å². The third kappa shape index (κ3) is 3.89. The largest absolute Gasteiger partial charge is 0.495 e. The van der Waals surface area contributed by atoms with E-state index in [1.165, 1.54) is 20.3 Å². The van der Waals surface area contributed by atoms with E-state index in [9.17, 15) is 9.59 Å². The first-order valence-electron chi connectivity index (χ1n) is 7.23. The van der Waals surface area contributed by atoms with E-state index in [1.807, 2.05) is 0 Å². The maximum absolute atomic E-state index is 12.3. The number of nitrogens with one attached hydrogen (secondary N) is 1. The topological polar surface area (TPSA) is 77.8 Å². The number of halogens is 1. The lowest BCUT2D eigenvalue weighted by atomic mass is 10.2. The van der Waals surface area contributed by atoms with Gasteiger partial charge in [-0.05, 0) is 38.5 Å². The van der Waals surface area contributed by atoms with Crippen molar-refractivity contribution in [1.82, 2.24) is 0 Å². The predicted molar refractivity (Wildman–Crippen MR) is 89.7 cm³/mol. The minimum atomic E-state index is -1.01. The molecule has 1 atom stereocenters. The Morgan fingerprint density at radius 2 is 1.96 bits per heavy atom. The molecule has 24 heavy (non-hydrogen) atoms. The Labute approximate surface area is 144 Å². The lowest BCUT2D eigenvalue weighted by Gasteiger charge is -2.16. The van der Waals surface area contributed by atoms with Crippen LogP contribution in [0.2, 0.25) is 5.02 Å². The molecule has 0 bridgehead atoms. The summed E-state index contributed by atoms with van der Waals surface area (Å²) in [6.07, 6.45) is 0.376. The Morgan fingerprint density at radius 3 is 2.54 bits per heavy atom. The fourth-order valence-electron chi connectivity index (χ4n) is 2.01. The lowest BCUT2D eigenvalue weighted by Crippen LogP contribution is -2.30. The zero-order chi connectivity index (χ0) is 17.9. The molecule has 1 amide bonds. The van der Waals surface area contributed by atoms with Gasteiger partial charge in [0, 0.05) is 16.7 Å². The molecule has 6 nitrogen and oxygen atoms in total. The number of hydrogen-bond donors (Lipinski definition) is 1.